The molecule has 5 nitrogen and oxygen atoms in total. The lowest BCUT2D eigenvalue weighted by atomic mass is 10.1. The molecule has 0 amide bonds. The molecule has 0 atom stereocenters. The number of hydrogen-bond donors (Lipinski definition) is 1. The van der Waals surface area contributed by atoms with Gasteiger partial charge >= 0.3 is 5.97 Å². The van der Waals surface area contributed by atoms with Crippen molar-refractivity contribution < 1.29 is 18.7 Å². The maximum atomic E-state index is 13.3. The van der Waals surface area contributed by atoms with Crippen molar-refractivity contribution in [2.24, 2.45) is 5.92 Å². The highest BCUT2D eigenvalue weighted by molar-refractivity contribution is 6.39. The van der Waals surface area contributed by atoms with Gasteiger partial charge < -0.3 is 15.2 Å². The number of carbonyl (C=O) groups excluding carboxylic acids is 1. The van der Waals surface area contributed by atoms with E-state index in [4.69, 9.17) is 38.4 Å². The zero-order chi connectivity index (χ0) is 17.4. The second-order valence-electron chi connectivity index (χ2n) is 5.50. The Labute approximate surface area is 145 Å². The first kappa shape index (κ1) is 19.8. The molecule has 2 N–H and O–H groups in total. The van der Waals surface area contributed by atoms with E-state index in [2.05, 4.69) is 18.8 Å². The molecule has 23 heavy (non-hydrogen) atoms. The van der Waals surface area contributed by atoms with Crippen molar-refractivity contribution >= 4 is 34.9 Å². The number of esters is 1. The molecule has 0 radical (unpaired) electrons. The minimum absolute atomic E-state index is 0.141. The van der Waals surface area contributed by atoms with Crippen molar-refractivity contribution in [3.05, 3.63) is 16.0 Å². The summed E-state index contributed by atoms with van der Waals surface area (Å²) in [5.41, 5.74) is 5.31. The van der Waals surface area contributed by atoms with Crippen LogP contribution >= 0.6 is 23.2 Å². The average Bonchev–Trinajstić information content (AvgIpc) is 2.50. The second-order valence-corrected chi connectivity index (χ2v) is 6.26. The van der Waals surface area contributed by atoms with Crippen molar-refractivity contribution in [1.82, 2.24) is 4.98 Å². The molecule has 0 fully saturated rings. The number of nitrogens with zero attached hydrogens (tertiary/aromatic N) is 1. The van der Waals surface area contributed by atoms with Gasteiger partial charge in [0.2, 0.25) is 11.8 Å². The summed E-state index contributed by atoms with van der Waals surface area (Å²) in [6.45, 7) is 4.23. The quantitative estimate of drug-likeness (QED) is 0.401. The van der Waals surface area contributed by atoms with Gasteiger partial charge in [-0.15, -0.1) is 0 Å². The third-order valence-corrected chi connectivity index (χ3v) is 3.78. The van der Waals surface area contributed by atoms with Crippen LogP contribution in [0.1, 0.15) is 39.5 Å². The molecular weight excluding hydrogens is 346 g/mol. The van der Waals surface area contributed by atoms with Gasteiger partial charge in [0.15, 0.2) is 6.61 Å². The molecule has 0 aliphatic rings. The number of ether oxygens (including phenoxy) is 2. The van der Waals surface area contributed by atoms with Gasteiger partial charge in [-0.05, 0) is 12.3 Å². The van der Waals surface area contributed by atoms with Crippen molar-refractivity contribution in [2.45, 2.75) is 39.5 Å². The fourth-order valence-corrected chi connectivity index (χ4v) is 2.17. The molecule has 0 aliphatic heterocycles. The lowest BCUT2D eigenvalue weighted by molar-refractivity contribution is -0.146. The molecule has 0 bridgehead atoms. The first-order valence-corrected chi connectivity index (χ1v) is 8.16. The van der Waals surface area contributed by atoms with Crippen LogP contribution in [-0.2, 0) is 9.53 Å². The van der Waals surface area contributed by atoms with Crippen LogP contribution in [0.4, 0.5) is 10.1 Å². The summed E-state index contributed by atoms with van der Waals surface area (Å²) in [5, 5.41) is -0.524. The number of aromatic nitrogens is 1. The predicted octanol–water partition coefficient (Wildman–Crippen LogP) is 4.25. The van der Waals surface area contributed by atoms with Crippen molar-refractivity contribution in [3.63, 3.8) is 0 Å². The van der Waals surface area contributed by atoms with E-state index in [0.717, 1.165) is 25.7 Å². The molecule has 1 aromatic heterocycles. The zero-order valence-corrected chi connectivity index (χ0v) is 14.7. The lowest BCUT2D eigenvalue weighted by Crippen LogP contribution is -2.16. The summed E-state index contributed by atoms with van der Waals surface area (Å²) in [7, 11) is 0. The van der Waals surface area contributed by atoms with Crippen LogP contribution in [0.5, 0.6) is 5.88 Å². The monoisotopic (exact) mass is 366 g/mol. The Kier molecular flexibility index (Phi) is 8.41. The number of nitrogen functional groups attached to an aromatic ring is 1. The summed E-state index contributed by atoms with van der Waals surface area (Å²) in [4.78, 5) is 14.9. The van der Waals surface area contributed by atoms with E-state index in [1.165, 1.54) is 0 Å². The summed E-state index contributed by atoms with van der Waals surface area (Å²) in [6, 6.07) is 0. The molecule has 0 saturated heterocycles. The van der Waals surface area contributed by atoms with Crippen LogP contribution in [0, 0.1) is 11.9 Å². The molecule has 0 aliphatic carbocycles. The molecule has 8 heteroatoms. The molecule has 1 heterocycles. The normalized spacial score (nSPS) is 10.9. The van der Waals surface area contributed by atoms with Crippen LogP contribution in [-0.4, -0.2) is 24.2 Å². The zero-order valence-electron chi connectivity index (χ0n) is 13.2. The Hall–Kier alpha value is -1.27. The van der Waals surface area contributed by atoms with Gasteiger partial charge in [-0.2, -0.15) is 9.37 Å². The summed E-state index contributed by atoms with van der Waals surface area (Å²) < 4.78 is 23.4. The molecule has 0 unspecified atom stereocenters. The molecule has 1 rings (SSSR count). The smallest absolute Gasteiger partial charge is 0.344 e. The van der Waals surface area contributed by atoms with Crippen molar-refractivity contribution in [3.8, 4) is 5.88 Å². The van der Waals surface area contributed by atoms with Gasteiger partial charge in [0.25, 0.3) is 0 Å². The second kappa shape index (κ2) is 9.78. The topological polar surface area (TPSA) is 74.4 Å². The van der Waals surface area contributed by atoms with Gasteiger partial charge in [-0.1, -0.05) is 56.3 Å². The third-order valence-electron chi connectivity index (χ3n) is 3.06. The van der Waals surface area contributed by atoms with E-state index in [0.29, 0.717) is 12.5 Å². The van der Waals surface area contributed by atoms with Gasteiger partial charge in [-0.25, -0.2) is 4.79 Å². The maximum Gasteiger partial charge on any atom is 0.344 e. The van der Waals surface area contributed by atoms with E-state index in [1.54, 1.807) is 0 Å². The first-order chi connectivity index (χ1) is 10.8. The summed E-state index contributed by atoms with van der Waals surface area (Å²) >= 11 is 11.4. The lowest BCUT2D eigenvalue weighted by Gasteiger charge is -2.10. The number of rotatable bonds is 9. The Morgan fingerprint density at radius 1 is 1.26 bits per heavy atom. The fraction of sp³-hybridized carbons (Fsp3) is 0.600. The Morgan fingerprint density at radius 2 is 1.96 bits per heavy atom. The van der Waals surface area contributed by atoms with Crippen LogP contribution in [0.3, 0.4) is 0 Å². The van der Waals surface area contributed by atoms with Gasteiger partial charge in [0.1, 0.15) is 10.0 Å². The van der Waals surface area contributed by atoms with Gasteiger partial charge in [0, 0.05) is 0 Å². The summed E-state index contributed by atoms with van der Waals surface area (Å²) in [6.07, 6.45) is 4.05. The van der Waals surface area contributed by atoms with Crippen molar-refractivity contribution in [2.75, 3.05) is 18.9 Å². The number of halogens is 3. The number of hydrogen-bond acceptors (Lipinski definition) is 5. The van der Waals surface area contributed by atoms with Crippen LogP contribution in [0.2, 0.25) is 10.0 Å². The molecular formula is C15H21Cl2FN2O3. The number of unbranched alkanes of at least 4 members (excludes halogenated alkanes) is 2. The Balaban J connectivity index is 2.32. The number of anilines is 1. The van der Waals surface area contributed by atoms with E-state index in [1.807, 2.05) is 0 Å². The Morgan fingerprint density at radius 3 is 2.61 bits per heavy atom. The van der Waals surface area contributed by atoms with Crippen LogP contribution < -0.4 is 10.5 Å². The molecule has 0 saturated carbocycles. The van der Waals surface area contributed by atoms with Crippen molar-refractivity contribution in [1.29, 1.82) is 0 Å². The largest absolute Gasteiger partial charge is 0.464 e. The molecule has 130 valence electrons. The number of carbonyl (C=O) groups is 1. The molecule has 1 aromatic rings. The van der Waals surface area contributed by atoms with E-state index in [9.17, 15) is 9.18 Å². The van der Waals surface area contributed by atoms with E-state index < -0.39 is 18.5 Å². The molecule has 0 aromatic carbocycles. The van der Waals surface area contributed by atoms with E-state index in [-0.39, 0.29) is 21.6 Å². The summed E-state index contributed by atoms with van der Waals surface area (Å²) in [5.74, 6) is -1.21. The van der Waals surface area contributed by atoms with Gasteiger partial charge in [0.05, 0.1) is 12.3 Å². The average molecular weight is 367 g/mol. The minimum atomic E-state index is -1.01. The highest BCUT2D eigenvalue weighted by Crippen LogP contribution is 2.35. The molecule has 0 spiro atoms. The number of nitrogens with two attached hydrogens (primary N) is 1. The van der Waals surface area contributed by atoms with E-state index >= 15 is 0 Å². The highest BCUT2D eigenvalue weighted by atomic mass is 35.5. The maximum absolute atomic E-state index is 13.3. The SMILES string of the molecule is CC(C)CCCCCOC(=O)COc1nc(F)c(Cl)c(N)c1Cl. The van der Waals surface area contributed by atoms with Crippen LogP contribution in [0.15, 0.2) is 0 Å². The van der Waals surface area contributed by atoms with Gasteiger partial charge in [-0.3, -0.25) is 0 Å². The number of pyridine rings is 1. The van der Waals surface area contributed by atoms with Crippen LogP contribution in [0.25, 0.3) is 0 Å². The highest BCUT2D eigenvalue weighted by Gasteiger charge is 2.17. The Bertz CT molecular complexity index is 542. The fourth-order valence-electron chi connectivity index (χ4n) is 1.79. The first-order valence-electron chi connectivity index (χ1n) is 7.41. The minimum Gasteiger partial charge on any atom is -0.464 e. The standard InChI is InChI=1S/C15H21Cl2FN2O3/c1-9(2)6-4-3-5-7-22-10(21)8-23-15-12(17)13(19)11(16)14(18)20-15/h9H,3-8H2,1-2H3,(H2,19,20). The predicted molar refractivity (Wildman–Crippen MR) is 88.4 cm³/mol. The third kappa shape index (κ3) is 6.79.